The summed E-state index contributed by atoms with van der Waals surface area (Å²) >= 11 is 5.99. The van der Waals surface area contributed by atoms with Crippen molar-refractivity contribution in [1.29, 1.82) is 0 Å². The van der Waals surface area contributed by atoms with Crippen LogP contribution < -0.4 is 5.32 Å². The summed E-state index contributed by atoms with van der Waals surface area (Å²) in [5.74, 6) is -0.198. The van der Waals surface area contributed by atoms with Crippen molar-refractivity contribution in [2.75, 3.05) is 12.8 Å². The number of sulfonamides is 1. The lowest BCUT2D eigenvalue weighted by atomic mass is 10.1. The molecule has 0 saturated carbocycles. The lowest BCUT2D eigenvalue weighted by Gasteiger charge is -2.23. The van der Waals surface area contributed by atoms with Gasteiger partial charge in [-0.1, -0.05) is 17.7 Å². The topological polar surface area (TPSA) is 66.5 Å². The summed E-state index contributed by atoms with van der Waals surface area (Å²) in [5, 5.41) is 3.71. The zero-order chi connectivity index (χ0) is 15.9. The van der Waals surface area contributed by atoms with E-state index in [1.807, 2.05) is 18.2 Å². The second kappa shape index (κ2) is 5.83. The van der Waals surface area contributed by atoms with E-state index in [0.717, 1.165) is 36.6 Å². The fourth-order valence-electron chi connectivity index (χ4n) is 3.40. The molecule has 1 fully saturated rings. The lowest BCUT2D eigenvalue weighted by molar-refractivity contribution is -0.124. The van der Waals surface area contributed by atoms with Gasteiger partial charge in [0.05, 0.1) is 12.3 Å². The molecule has 0 radical (unpaired) electrons. The van der Waals surface area contributed by atoms with E-state index in [2.05, 4.69) is 5.32 Å². The van der Waals surface area contributed by atoms with Crippen LogP contribution in [0.25, 0.3) is 0 Å². The van der Waals surface area contributed by atoms with Gasteiger partial charge < -0.3 is 5.32 Å². The van der Waals surface area contributed by atoms with Crippen molar-refractivity contribution >= 4 is 27.5 Å². The van der Waals surface area contributed by atoms with E-state index in [-0.39, 0.29) is 11.9 Å². The third-order valence-corrected chi connectivity index (χ3v) is 5.96. The number of fused-ring (bicyclic) bond motifs is 1. The van der Waals surface area contributed by atoms with Crippen molar-refractivity contribution in [3.05, 3.63) is 34.3 Å². The molecule has 1 aromatic carbocycles. The number of halogens is 1. The quantitative estimate of drug-likeness (QED) is 0.911. The van der Waals surface area contributed by atoms with Crippen LogP contribution in [-0.2, 0) is 21.2 Å². The van der Waals surface area contributed by atoms with E-state index in [0.29, 0.717) is 18.0 Å². The van der Waals surface area contributed by atoms with Crippen molar-refractivity contribution < 1.29 is 13.2 Å². The molecule has 0 aromatic heterocycles. The first-order valence-corrected chi connectivity index (χ1v) is 9.64. The van der Waals surface area contributed by atoms with Crippen molar-refractivity contribution in [1.82, 2.24) is 9.62 Å². The fraction of sp³-hybridized carbons (Fsp3) is 0.533. The van der Waals surface area contributed by atoms with E-state index in [1.165, 1.54) is 4.31 Å². The number of carbonyl (C=O) groups is 1. The molecule has 1 heterocycles. The SMILES string of the molecule is CS(=O)(=O)N1CCC[C@H]1C(=O)N[C@H]1CCc2cc(Cl)ccc21. The highest BCUT2D eigenvalue weighted by Crippen LogP contribution is 2.33. The Morgan fingerprint density at radius 3 is 2.86 bits per heavy atom. The molecule has 1 amide bonds. The smallest absolute Gasteiger partial charge is 0.238 e. The molecule has 3 rings (SSSR count). The largest absolute Gasteiger partial charge is 0.348 e. The molecule has 1 saturated heterocycles. The van der Waals surface area contributed by atoms with Gasteiger partial charge >= 0.3 is 0 Å². The van der Waals surface area contributed by atoms with Crippen LogP contribution in [0.5, 0.6) is 0 Å². The van der Waals surface area contributed by atoms with Crippen LogP contribution in [-0.4, -0.2) is 37.5 Å². The number of hydrogen-bond acceptors (Lipinski definition) is 3. The zero-order valence-electron chi connectivity index (χ0n) is 12.4. The van der Waals surface area contributed by atoms with E-state index < -0.39 is 16.1 Å². The minimum Gasteiger partial charge on any atom is -0.348 e. The molecular weight excluding hydrogens is 324 g/mol. The number of benzene rings is 1. The number of nitrogens with one attached hydrogen (secondary N) is 1. The van der Waals surface area contributed by atoms with Crippen LogP contribution in [0.2, 0.25) is 5.02 Å². The molecule has 2 atom stereocenters. The normalized spacial score (nSPS) is 25.2. The molecule has 1 N–H and O–H groups in total. The van der Waals surface area contributed by atoms with E-state index in [1.54, 1.807) is 0 Å². The Bertz CT molecular complexity index is 705. The van der Waals surface area contributed by atoms with Crippen LogP contribution in [0.15, 0.2) is 18.2 Å². The highest BCUT2D eigenvalue weighted by atomic mass is 35.5. The Labute approximate surface area is 135 Å². The molecule has 2 aliphatic rings. The van der Waals surface area contributed by atoms with Crippen molar-refractivity contribution in [2.45, 2.75) is 37.8 Å². The summed E-state index contributed by atoms with van der Waals surface area (Å²) in [6.45, 7) is 0.424. The summed E-state index contributed by atoms with van der Waals surface area (Å²) in [6, 6.07) is 5.07. The summed E-state index contributed by atoms with van der Waals surface area (Å²) in [4.78, 5) is 12.5. The van der Waals surface area contributed by atoms with Gasteiger partial charge in [0.25, 0.3) is 0 Å². The third-order valence-electron chi connectivity index (χ3n) is 4.43. The number of carbonyl (C=O) groups excluding carboxylic acids is 1. The van der Waals surface area contributed by atoms with Crippen LogP contribution in [0.3, 0.4) is 0 Å². The maximum absolute atomic E-state index is 12.5. The highest BCUT2D eigenvalue weighted by molar-refractivity contribution is 7.88. The van der Waals surface area contributed by atoms with Crippen molar-refractivity contribution in [3.63, 3.8) is 0 Å². The Morgan fingerprint density at radius 1 is 1.36 bits per heavy atom. The van der Waals surface area contributed by atoms with E-state index in [9.17, 15) is 13.2 Å². The molecule has 1 aliphatic heterocycles. The Morgan fingerprint density at radius 2 is 2.14 bits per heavy atom. The van der Waals surface area contributed by atoms with Gasteiger partial charge in [-0.2, -0.15) is 4.31 Å². The predicted molar refractivity (Wildman–Crippen MR) is 85.2 cm³/mol. The lowest BCUT2D eigenvalue weighted by Crippen LogP contribution is -2.46. The molecule has 0 bridgehead atoms. The Hall–Kier alpha value is -1.11. The first-order valence-electron chi connectivity index (χ1n) is 7.42. The molecule has 1 aromatic rings. The summed E-state index contributed by atoms with van der Waals surface area (Å²) in [5.41, 5.74) is 2.24. The van der Waals surface area contributed by atoms with Crippen LogP contribution in [0.4, 0.5) is 0 Å². The predicted octanol–water partition coefficient (Wildman–Crippen LogP) is 1.87. The molecule has 0 spiro atoms. The van der Waals surface area contributed by atoms with Gasteiger partial charge in [-0.3, -0.25) is 4.79 Å². The van der Waals surface area contributed by atoms with Crippen LogP contribution in [0, 0.1) is 0 Å². The Balaban J connectivity index is 1.74. The maximum Gasteiger partial charge on any atom is 0.238 e. The molecule has 7 heteroatoms. The average molecular weight is 343 g/mol. The second-order valence-electron chi connectivity index (χ2n) is 5.97. The summed E-state index contributed by atoms with van der Waals surface area (Å²) in [7, 11) is -3.34. The van der Waals surface area contributed by atoms with Gasteiger partial charge in [0.15, 0.2) is 0 Å². The minimum atomic E-state index is -3.34. The van der Waals surface area contributed by atoms with E-state index in [4.69, 9.17) is 11.6 Å². The number of hydrogen-bond donors (Lipinski definition) is 1. The zero-order valence-corrected chi connectivity index (χ0v) is 14.0. The molecular formula is C15H19ClN2O3S. The fourth-order valence-corrected chi connectivity index (χ4v) is 4.72. The molecule has 22 heavy (non-hydrogen) atoms. The molecule has 1 aliphatic carbocycles. The summed E-state index contributed by atoms with van der Waals surface area (Å²) < 4.78 is 24.8. The number of rotatable bonds is 3. The average Bonchev–Trinajstić information content (AvgIpc) is 3.05. The van der Waals surface area contributed by atoms with Crippen molar-refractivity contribution in [2.24, 2.45) is 0 Å². The third kappa shape index (κ3) is 3.00. The molecule has 5 nitrogen and oxygen atoms in total. The van der Waals surface area contributed by atoms with Gasteiger partial charge in [-0.25, -0.2) is 8.42 Å². The Kier molecular flexibility index (Phi) is 4.18. The molecule has 120 valence electrons. The van der Waals surface area contributed by atoms with Crippen LogP contribution >= 0.6 is 11.6 Å². The number of amides is 1. The van der Waals surface area contributed by atoms with Crippen molar-refractivity contribution in [3.8, 4) is 0 Å². The molecule has 0 unspecified atom stereocenters. The maximum atomic E-state index is 12.5. The minimum absolute atomic E-state index is 0.0539. The number of nitrogens with zero attached hydrogens (tertiary/aromatic N) is 1. The van der Waals surface area contributed by atoms with Gasteiger partial charge in [-0.15, -0.1) is 0 Å². The van der Waals surface area contributed by atoms with E-state index >= 15 is 0 Å². The first-order chi connectivity index (χ1) is 10.4. The number of aryl methyl sites for hydroxylation is 1. The van der Waals surface area contributed by atoms with Gasteiger partial charge in [0.2, 0.25) is 15.9 Å². The van der Waals surface area contributed by atoms with Crippen LogP contribution in [0.1, 0.15) is 36.4 Å². The van der Waals surface area contributed by atoms with Gasteiger partial charge in [-0.05, 0) is 48.9 Å². The monoisotopic (exact) mass is 342 g/mol. The summed E-state index contributed by atoms with van der Waals surface area (Å²) in [6.07, 6.45) is 4.17. The highest BCUT2D eigenvalue weighted by Gasteiger charge is 2.37. The van der Waals surface area contributed by atoms with Gasteiger partial charge in [0.1, 0.15) is 6.04 Å². The standard InChI is InChI=1S/C15H19ClN2O3S/c1-22(20,21)18-8-2-3-14(18)15(19)17-13-7-4-10-9-11(16)5-6-12(10)13/h5-6,9,13-14H,2-4,7-8H2,1H3,(H,17,19)/t13-,14-/m0/s1. The second-order valence-corrected chi connectivity index (χ2v) is 8.35. The van der Waals surface area contributed by atoms with Gasteiger partial charge in [0, 0.05) is 11.6 Å². The first kappa shape index (κ1) is 15.8.